The first-order valence-corrected chi connectivity index (χ1v) is 6.63. The van der Waals surface area contributed by atoms with Crippen LogP contribution in [0.15, 0.2) is 55.2 Å². The Balaban J connectivity index is 1.82. The lowest BCUT2D eigenvalue weighted by Gasteiger charge is -2.13. The minimum atomic E-state index is -0.202. The molecule has 3 rings (SSSR count). The number of imidazole rings is 2. The van der Waals surface area contributed by atoms with E-state index in [-0.39, 0.29) is 11.9 Å². The van der Waals surface area contributed by atoms with Crippen LogP contribution >= 0.6 is 0 Å². The van der Waals surface area contributed by atoms with Crippen molar-refractivity contribution < 1.29 is 4.79 Å². The molecule has 0 radical (unpaired) electrons. The second-order valence-electron chi connectivity index (χ2n) is 4.65. The highest BCUT2D eigenvalue weighted by Crippen LogP contribution is 2.12. The molecule has 2 N–H and O–H groups in total. The second-order valence-corrected chi connectivity index (χ2v) is 4.65. The van der Waals surface area contributed by atoms with Crippen LogP contribution in [-0.2, 0) is 0 Å². The molecule has 1 aromatic carbocycles. The maximum absolute atomic E-state index is 12.4. The van der Waals surface area contributed by atoms with Crippen LogP contribution in [0.1, 0.15) is 29.3 Å². The van der Waals surface area contributed by atoms with Crippen LogP contribution in [0.4, 0.5) is 0 Å². The van der Waals surface area contributed by atoms with Gasteiger partial charge in [-0.2, -0.15) is 0 Å². The molecule has 3 aromatic rings. The number of para-hydroxylation sites is 1. The van der Waals surface area contributed by atoms with Gasteiger partial charge in [0.05, 0.1) is 18.6 Å². The lowest BCUT2D eigenvalue weighted by atomic mass is 10.3. The molecular formula is C15H15N5O. The van der Waals surface area contributed by atoms with E-state index in [2.05, 4.69) is 20.3 Å². The fraction of sp³-hybridized carbons (Fsp3) is 0.133. The Bertz CT molecular complexity index is 718. The molecule has 0 bridgehead atoms. The highest BCUT2D eigenvalue weighted by atomic mass is 16.2. The average Bonchev–Trinajstić information content (AvgIpc) is 3.19. The zero-order valence-electron chi connectivity index (χ0n) is 11.5. The SMILES string of the molecule is CC(NC(=O)c1cncn1-c1ccccc1)c1ncc[nH]1. The number of rotatable bonds is 4. The Morgan fingerprint density at radius 2 is 2.14 bits per heavy atom. The second kappa shape index (κ2) is 5.62. The number of benzene rings is 1. The number of nitrogens with one attached hydrogen (secondary N) is 2. The number of hydrogen-bond acceptors (Lipinski definition) is 3. The van der Waals surface area contributed by atoms with Gasteiger partial charge in [0.15, 0.2) is 0 Å². The van der Waals surface area contributed by atoms with Crippen molar-refractivity contribution in [1.29, 1.82) is 0 Å². The van der Waals surface area contributed by atoms with Crippen molar-refractivity contribution in [3.8, 4) is 5.69 Å². The van der Waals surface area contributed by atoms with E-state index in [0.717, 1.165) is 5.69 Å². The van der Waals surface area contributed by atoms with Gasteiger partial charge < -0.3 is 10.3 Å². The topological polar surface area (TPSA) is 75.6 Å². The summed E-state index contributed by atoms with van der Waals surface area (Å²) < 4.78 is 1.75. The van der Waals surface area contributed by atoms with Gasteiger partial charge in [-0.25, -0.2) is 9.97 Å². The minimum Gasteiger partial charge on any atom is -0.347 e. The molecule has 0 aliphatic rings. The molecule has 6 heteroatoms. The summed E-state index contributed by atoms with van der Waals surface area (Å²) in [6.45, 7) is 1.87. The zero-order chi connectivity index (χ0) is 14.7. The van der Waals surface area contributed by atoms with Crippen LogP contribution in [0.5, 0.6) is 0 Å². The number of aromatic nitrogens is 4. The van der Waals surface area contributed by atoms with Gasteiger partial charge in [0.25, 0.3) is 5.91 Å². The summed E-state index contributed by atoms with van der Waals surface area (Å²) in [5.74, 6) is 0.523. The third kappa shape index (κ3) is 2.69. The van der Waals surface area contributed by atoms with Crippen LogP contribution in [0.2, 0.25) is 0 Å². The molecule has 2 aromatic heterocycles. The highest BCUT2D eigenvalue weighted by molar-refractivity contribution is 5.93. The highest BCUT2D eigenvalue weighted by Gasteiger charge is 2.17. The van der Waals surface area contributed by atoms with E-state index in [1.54, 1.807) is 29.5 Å². The lowest BCUT2D eigenvalue weighted by molar-refractivity contribution is 0.0931. The molecule has 1 unspecified atom stereocenters. The molecule has 0 saturated heterocycles. The molecular weight excluding hydrogens is 266 g/mol. The Morgan fingerprint density at radius 3 is 2.86 bits per heavy atom. The van der Waals surface area contributed by atoms with E-state index < -0.39 is 0 Å². The van der Waals surface area contributed by atoms with Crippen LogP contribution < -0.4 is 5.32 Å². The molecule has 1 amide bonds. The number of nitrogens with zero attached hydrogens (tertiary/aromatic N) is 3. The summed E-state index contributed by atoms with van der Waals surface area (Å²) in [4.78, 5) is 23.6. The van der Waals surface area contributed by atoms with Crippen LogP contribution in [0.3, 0.4) is 0 Å². The van der Waals surface area contributed by atoms with Crippen molar-refractivity contribution in [3.63, 3.8) is 0 Å². The van der Waals surface area contributed by atoms with Crippen LogP contribution in [0, 0.1) is 0 Å². The third-order valence-electron chi connectivity index (χ3n) is 3.18. The first-order chi connectivity index (χ1) is 10.3. The van der Waals surface area contributed by atoms with Gasteiger partial charge in [0.1, 0.15) is 11.5 Å². The van der Waals surface area contributed by atoms with Gasteiger partial charge >= 0.3 is 0 Å². The molecule has 0 aliphatic carbocycles. The van der Waals surface area contributed by atoms with Gasteiger partial charge in [-0.1, -0.05) is 18.2 Å². The molecule has 0 spiro atoms. The standard InChI is InChI=1S/C15H15N5O/c1-11(14-17-7-8-18-14)19-15(21)13-9-16-10-20(13)12-5-3-2-4-6-12/h2-11H,1H3,(H,17,18)(H,19,21). The number of aromatic amines is 1. The van der Waals surface area contributed by atoms with E-state index in [9.17, 15) is 4.79 Å². The van der Waals surface area contributed by atoms with Gasteiger partial charge in [0, 0.05) is 18.1 Å². The van der Waals surface area contributed by atoms with Gasteiger partial charge in [-0.05, 0) is 19.1 Å². The van der Waals surface area contributed by atoms with Gasteiger partial charge in [0.2, 0.25) is 0 Å². The fourth-order valence-electron chi connectivity index (χ4n) is 2.11. The molecule has 6 nitrogen and oxygen atoms in total. The van der Waals surface area contributed by atoms with Crippen LogP contribution in [-0.4, -0.2) is 25.4 Å². The predicted molar refractivity (Wildman–Crippen MR) is 78.0 cm³/mol. The number of H-pyrrole nitrogens is 1. The molecule has 21 heavy (non-hydrogen) atoms. The van der Waals surface area contributed by atoms with E-state index in [1.165, 1.54) is 0 Å². The summed E-state index contributed by atoms with van der Waals surface area (Å²) in [7, 11) is 0. The largest absolute Gasteiger partial charge is 0.347 e. The number of carbonyl (C=O) groups excluding carboxylic acids is 1. The maximum atomic E-state index is 12.4. The molecule has 0 fully saturated rings. The summed E-state index contributed by atoms with van der Waals surface area (Å²) in [5.41, 5.74) is 1.38. The Morgan fingerprint density at radius 1 is 1.33 bits per heavy atom. The van der Waals surface area contributed by atoms with E-state index >= 15 is 0 Å². The smallest absolute Gasteiger partial charge is 0.270 e. The number of hydrogen-bond donors (Lipinski definition) is 2. The van der Waals surface area contributed by atoms with E-state index in [0.29, 0.717) is 11.5 Å². The average molecular weight is 281 g/mol. The molecule has 106 valence electrons. The Hall–Kier alpha value is -2.89. The molecule has 0 saturated carbocycles. The van der Waals surface area contributed by atoms with Gasteiger partial charge in [-0.3, -0.25) is 9.36 Å². The van der Waals surface area contributed by atoms with Crippen molar-refractivity contribution in [2.24, 2.45) is 0 Å². The zero-order valence-corrected chi connectivity index (χ0v) is 11.5. The van der Waals surface area contributed by atoms with E-state index in [4.69, 9.17) is 0 Å². The van der Waals surface area contributed by atoms with Crippen molar-refractivity contribution in [2.45, 2.75) is 13.0 Å². The summed E-state index contributed by atoms with van der Waals surface area (Å²) in [5, 5.41) is 2.90. The quantitative estimate of drug-likeness (QED) is 0.769. The normalized spacial score (nSPS) is 12.0. The van der Waals surface area contributed by atoms with Crippen molar-refractivity contribution in [2.75, 3.05) is 0 Å². The first kappa shape index (κ1) is 13.1. The molecule has 1 atom stereocenters. The minimum absolute atomic E-state index is 0.194. The summed E-state index contributed by atoms with van der Waals surface area (Å²) in [6, 6.07) is 9.42. The van der Waals surface area contributed by atoms with Gasteiger partial charge in [-0.15, -0.1) is 0 Å². The monoisotopic (exact) mass is 281 g/mol. The Kier molecular flexibility index (Phi) is 3.51. The van der Waals surface area contributed by atoms with Crippen LogP contribution in [0.25, 0.3) is 5.69 Å². The first-order valence-electron chi connectivity index (χ1n) is 6.63. The predicted octanol–water partition coefficient (Wildman–Crippen LogP) is 2.09. The fourth-order valence-corrected chi connectivity index (χ4v) is 2.11. The third-order valence-corrected chi connectivity index (χ3v) is 3.18. The van der Waals surface area contributed by atoms with Crippen molar-refractivity contribution >= 4 is 5.91 Å². The van der Waals surface area contributed by atoms with E-state index in [1.807, 2.05) is 37.3 Å². The maximum Gasteiger partial charge on any atom is 0.270 e. The number of carbonyl (C=O) groups is 1. The van der Waals surface area contributed by atoms with Crippen molar-refractivity contribution in [3.05, 3.63) is 66.8 Å². The summed E-state index contributed by atoms with van der Waals surface area (Å²) in [6.07, 6.45) is 6.57. The van der Waals surface area contributed by atoms with Crippen molar-refractivity contribution in [1.82, 2.24) is 24.8 Å². The summed E-state index contributed by atoms with van der Waals surface area (Å²) >= 11 is 0. The number of amides is 1. The molecule has 2 heterocycles. The Labute approximate surface area is 121 Å². The molecule has 0 aliphatic heterocycles. The lowest BCUT2D eigenvalue weighted by Crippen LogP contribution is -2.29.